The molecule has 6 nitrogen and oxygen atoms in total. The molecule has 0 spiro atoms. The topological polar surface area (TPSA) is 72.0 Å². The van der Waals surface area contributed by atoms with Gasteiger partial charge in [0.1, 0.15) is 0 Å². The third kappa shape index (κ3) is 3.84. The van der Waals surface area contributed by atoms with Crippen LogP contribution in [0.5, 0.6) is 0 Å². The maximum atomic E-state index is 6.02. The lowest BCUT2D eigenvalue weighted by molar-refractivity contribution is 0.120. The number of nitrogens with zero attached hydrogens (tertiary/aromatic N) is 3. The summed E-state index contributed by atoms with van der Waals surface area (Å²) >= 11 is 6.02. The third-order valence-corrected chi connectivity index (χ3v) is 3.77. The summed E-state index contributed by atoms with van der Waals surface area (Å²) in [5.41, 5.74) is 1.98. The predicted octanol–water partition coefficient (Wildman–Crippen LogP) is 3.17. The van der Waals surface area contributed by atoms with Crippen LogP contribution in [0.1, 0.15) is 18.4 Å². The fourth-order valence-electron chi connectivity index (χ4n) is 2.32. The molecule has 0 bridgehead atoms. The first-order valence-corrected chi connectivity index (χ1v) is 7.67. The van der Waals surface area contributed by atoms with Crippen molar-refractivity contribution in [1.82, 2.24) is 15.2 Å². The first-order valence-electron chi connectivity index (χ1n) is 7.29. The SMILES string of the molecule is Cc1ccc(Cl)cc1Nc1cnnc(NCC2CCCO2)n1. The van der Waals surface area contributed by atoms with Gasteiger partial charge < -0.3 is 15.4 Å². The van der Waals surface area contributed by atoms with Gasteiger partial charge in [-0.3, -0.25) is 0 Å². The maximum absolute atomic E-state index is 6.02. The number of aromatic nitrogens is 3. The van der Waals surface area contributed by atoms with E-state index >= 15 is 0 Å². The number of anilines is 3. The second-order valence-electron chi connectivity index (χ2n) is 5.27. The molecule has 3 rings (SSSR count). The molecular weight excluding hydrogens is 302 g/mol. The fourth-order valence-corrected chi connectivity index (χ4v) is 2.49. The Morgan fingerprint density at radius 3 is 3.14 bits per heavy atom. The normalized spacial score (nSPS) is 17.5. The third-order valence-electron chi connectivity index (χ3n) is 3.53. The van der Waals surface area contributed by atoms with E-state index < -0.39 is 0 Å². The molecule has 1 aliphatic rings. The maximum Gasteiger partial charge on any atom is 0.244 e. The molecule has 1 aromatic heterocycles. The van der Waals surface area contributed by atoms with Crippen molar-refractivity contribution in [2.45, 2.75) is 25.9 Å². The Bertz CT molecular complexity index is 646. The second kappa shape index (κ2) is 6.89. The van der Waals surface area contributed by atoms with Gasteiger partial charge in [-0.25, -0.2) is 0 Å². The highest BCUT2D eigenvalue weighted by Gasteiger charge is 2.15. The Labute approximate surface area is 134 Å². The molecule has 0 aliphatic carbocycles. The molecule has 0 radical (unpaired) electrons. The van der Waals surface area contributed by atoms with Crippen molar-refractivity contribution < 1.29 is 4.74 Å². The molecular formula is C15H18ClN5O. The van der Waals surface area contributed by atoms with Gasteiger partial charge in [-0.15, -0.1) is 5.10 Å². The molecule has 0 amide bonds. The molecule has 1 aromatic carbocycles. The number of ether oxygens (including phenoxy) is 1. The molecule has 1 aliphatic heterocycles. The minimum atomic E-state index is 0.232. The lowest BCUT2D eigenvalue weighted by Crippen LogP contribution is -2.20. The number of benzene rings is 1. The van der Waals surface area contributed by atoms with Crippen LogP contribution >= 0.6 is 11.6 Å². The van der Waals surface area contributed by atoms with Gasteiger partial charge in [-0.2, -0.15) is 10.1 Å². The zero-order valence-electron chi connectivity index (χ0n) is 12.3. The monoisotopic (exact) mass is 319 g/mol. The number of nitrogens with one attached hydrogen (secondary N) is 2. The zero-order valence-corrected chi connectivity index (χ0v) is 13.1. The molecule has 2 N–H and O–H groups in total. The largest absolute Gasteiger partial charge is 0.376 e. The quantitative estimate of drug-likeness (QED) is 0.882. The molecule has 1 saturated heterocycles. The fraction of sp³-hybridized carbons (Fsp3) is 0.400. The van der Waals surface area contributed by atoms with Crippen LogP contribution in [0.25, 0.3) is 0 Å². The van der Waals surface area contributed by atoms with Gasteiger partial charge in [0.2, 0.25) is 5.95 Å². The number of halogens is 1. The Hall–Kier alpha value is -1.92. The Kier molecular flexibility index (Phi) is 4.70. The van der Waals surface area contributed by atoms with E-state index in [1.54, 1.807) is 6.20 Å². The lowest BCUT2D eigenvalue weighted by atomic mass is 10.2. The average Bonchev–Trinajstić information content (AvgIpc) is 3.03. The van der Waals surface area contributed by atoms with E-state index in [-0.39, 0.29) is 6.10 Å². The van der Waals surface area contributed by atoms with Crippen molar-refractivity contribution in [2.24, 2.45) is 0 Å². The van der Waals surface area contributed by atoms with Crippen molar-refractivity contribution in [3.05, 3.63) is 35.0 Å². The smallest absolute Gasteiger partial charge is 0.244 e. The van der Waals surface area contributed by atoms with E-state index in [0.717, 1.165) is 30.7 Å². The van der Waals surface area contributed by atoms with Crippen molar-refractivity contribution in [1.29, 1.82) is 0 Å². The summed E-state index contributed by atoms with van der Waals surface area (Å²) in [4.78, 5) is 4.41. The number of aryl methyl sites for hydroxylation is 1. The first-order chi connectivity index (χ1) is 10.7. The highest BCUT2D eigenvalue weighted by Crippen LogP contribution is 2.23. The van der Waals surface area contributed by atoms with Crippen LogP contribution in [0.2, 0.25) is 5.02 Å². The van der Waals surface area contributed by atoms with Crippen molar-refractivity contribution in [3.63, 3.8) is 0 Å². The Morgan fingerprint density at radius 2 is 2.32 bits per heavy atom. The van der Waals surface area contributed by atoms with E-state index in [0.29, 0.717) is 23.3 Å². The van der Waals surface area contributed by atoms with Gasteiger partial charge in [0.25, 0.3) is 0 Å². The van der Waals surface area contributed by atoms with Crippen LogP contribution in [-0.2, 0) is 4.74 Å². The Morgan fingerprint density at radius 1 is 1.41 bits per heavy atom. The molecule has 2 heterocycles. The van der Waals surface area contributed by atoms with Crippen LogP contribution < -0.4 is 10.6 Å². The molecule has 1 fully saturated rings. The predicted molar refractivity (Wildman–Crippen MR) is 86.8 cm³/mol. The summed E-state index contributed by atoms with van der Waals surface area (Å²) in [5.74, 6) is 1.11. The molecule has 0 saturated carbocycles. The molecule has 22 heavy (non-hydrogen) atoms. The van der Waals surface area contributed by atoms with Crippen molar-refractivity contribution >= 4 is 29.1 Å². The molecule has 1 unspecified atom stereocenters. The standard InChI is InChI=1S/C15H18ClN5O/c1-10-4-5-11(16)7-13(10)19-14-9-18-21-15(20-14)17-8-12-3-2-6-22-12/h4-5,7,9,12H,2-3,6,8H2,1H3,(H2,17,19,20,21). The van der Waals surface area contributed by atoms with Gasteiger partial charge in [0, 0.05) is 23.9 Å². The van der Waals surface area contributed by atoms with Crippen molar-refractivity contribution in [2.75, 3.05) is 23.8 Å². The Balaban J connectivity index is 1.66. The van der Waals surface area contributed by atoms with E-state index in [1.807, 2.05) is 25.1 Å². The van der Waals surface area contributed by atoms with E-state index in [1.165, 1.54) is 0 Å². The van der Waals surface area contributed by atoms with Gasteiger partial charge >= 0.3 is 0 Å². The molecule has 116 valence electrons. The number of rotatable bonds is 5. The highest BCUT2D eigenvalue weighted by molar-refractivity contribution is 6.30. The summed E-state index contributed by atoms with van der Waals surface area (Å²) in [6.45, 7) is 3.53. The minimum absolute atomic E-state index is 0.232. The molecule has 2 aromatic rings. The van der Waals surface area contributed by atoms with Crippen molar-refractivity contribution in [3.8, 4) is 0 Å². The van der Waals surface area contributed by atoms with E-state index in [2.05, 4.69) is 25.8 Å². The highest BCUT2D eigenvalue weighted by atomic mass is 35.5. The number of hydrogen-bond donors (Lipinski definition) is 2. The van der Waals surface area contributed by atoms with Gasteiger partial charge in [-0.1, -0.05) is 17.7 Å². The lowest BCUT2D eigenvalue weighted by Gasteiger charge is -2.12. The summed E-state index contributed by atoms with van der Waals surface area (Å²) < 4.78 is 5.56. The van der Waals surface area contributed by atoms with Gasteiger partial charge in [-0.05, 0) is 37.5 Å². The van der Waals surface area contributed by atoms with Gasteiger partial charge in [0.05, 0.1) is 12.3 Å². The summed E-state index contributed by atoms with van der Waals surface area (Å²) in [7, 11) is 0. The number of hydrogen-bond acceptors (Lipinski definition) is 6. The second-order valence-corrected chi connectivity index (χ2v) is 5.70. The first kappa shape index (κ1) is 15.0. The van der Waals surface area contributed by atoms with Gasteiger partial charge in [0.15, 0.2) is 5.82 Å². The molecule has 7 heteroatoms. The molecule has 1 atom stereocenters. The summed E-state index contributed by atoms with van der Waals surface area (Å²) in [5, 5.41) is 15.0. The van der Waals surface area contributed by atoms with E-state index in [4.69, 9.17) is 16.3 Å². The summed E-state index contributed by atoms with van der Waals surface area (Å²) in [6, 6.07) is 5.67. The zero-order chi connectivity index (χ0) is 15.4. The van der Waals surface area contributed by atoms with Crippen LogP contribution in [0.15, 0.2) is 24.4 Å². The van der Waals surface area contributed by atoms with Crippen LogP contribution in [-0.4, -0.2) is 34.4 Å². The van der Waals surface area contributed by atoms with Crippen LogP contribution in [0.4, 0.5) is 17.5 Å². The van der Waals surface area contributed by atoms with Crippen LogP contribution in [0, 0.1) is 6.92 Å². The van der Waals surface area contributed by atoms with E-state index in [9.17, 15) is 0 Å². The average molecular weight is 320 g/mol. The van der Waals surface area contributed by atoms with Crippen LogP contribution in [0.3, 0.4) is 0 Å². The minimum Gasteiger partial charge on any atom is -0.376 e. The summed E-state index contributed by atoms with van der Waals surface area (Å²) in [6.07, 6.45) is 3.99.